The monoisotopic (exact) mass is 273 g/mol. The first-order valence-electron chi connectivity index (χ1n) is 3.62. The van der Waals surface area contributed by atoms with Gasteiger partial charge in [-0.05, 0) is 34.4 Å². The van der Waals surface area contributed by atoms with E-state index in [0.29, 0.717) is 21.5 Å². The molecule has 0 aliphatic heterocycles. The lowest BCUT2D eigenvalue weighted by molar-refractivity contribution is 0.0704. The van der Waals surface area contributed by atoms with Gasteiger partial charge in [0.1, 0.15) is 21.5 Å². The van der Waals surface area contributed by atoms with Crippen molar-refractivity contribution in [2.24, 2.45) is 0 Å². The average Bonchev–Trinajstić information content (AvgIpc) is 2.47. The fourth-order valence-corrected chi connectivity index (χ4v) is 2.36. The Bertz CT molecular complexity index is 525. The maximum atomic E-state index is 10.8. The largest absolute Gasteiger partial charge is 0.477 e. The maximum Gasteiger partial charge on any atom is 0.349 e. The van der Waals surface area contributed by atoms with Gasteiger partial charge in [-0.3, -0.25) is 0 Å². The number of nitrogens with zero attached hydrogens (tertiary/aromatic N) is 3. The molecule has 7 heteroatoms. The third-order valence-electron chi connectivity index (χ3n) is 1.59. The van der Waals surface area contributed by atoms with Crippen molar-refractivity contribution in [2.45, 2.75) is 6.92 Å². The number of carboxylic acids is 1. The third kappa shape index (κ3) is 1.38. The van der Waals surface area contributed by atoms with Crippen molar-refractivity contribution in [3.63, 3.8) is 0 Å². The fourth-order valence-electron chi connectivity index (χ4n) is 1.05. The Morgan fingerprint density at radius 3 is 2.79 bits per heavy atom. The van der Waals surface area contributed by atoms with E-state index in [1.807, 2.05) is 0 Å². The molecule has 5 nitrogen and oxygen atoms in total. The number of aryl methyl sites for hydroxylation is 1. The predicted molar refractivity (Wildman–Crippen MR) is 54.6 cm³/mol. The molecule has 0 atom stereocenters. The highest BCUT2D eigenvalue weighted by molar-refractivity contribution is 9.10. The summed E-state index contributed by atoms with van der Waals surface area (Å²) in [4.78, 5) is 19.0. The number of aromatic carboxylic acids is 1. The number of aromatic nitrogens is 3. The molecule has 2 aromatic heterocycles. The first-order chi connectivity index (χ1) is 6.59. The molecule has 72 valence electrons. The van der Waals surface area contributed by atoms with E-state index in [9.17, 15) is 4.79 Å². The van der Waals surface area contributed by atoms with E-state index in [1.165, 1.54) is 0 Å². The van der Waals surface area contributed by atoms with Crippen molar-refractivity contribution in [3.05, 3.63) is 15.3 Å². The zero-order valence-corrected chi connectivity index (χ0v) is 9.39. The van der Waals surface area contributed by atoms with Crippen molar-refractivity contribution in [1.29, 1.82) is 0 Å². The molecular weight excluding hydrogens is 270 g/mol. The summed E-state index contributed by atoms with van der Waals surface area (Å²) in [6.07, 6.45) is 0. The van der Waals surface area contributed by atoms with Crippen LogP contribution >= 0.6 is 27.5 Å². The lowest BCUT2D eigenvalue weighted by Gasteiger charge is -1.94. The predicted octanol–water partition coefficient (Wildman–Crippen LogP) is 1.86. The Morgan fingerprint density at radius 2 is 2.14 bits per heavy atom. The first kappa shape index (κ1) is 9.47. The molecule has 0 unspecified atom stereocenters. The second-order valence-corrected chi connectivity index (χ2v) is 4.10. The van der Waals surface area contributed by atoms with Crippen LogP contribution in [0.15, 0.2) is 4.60 Å². The standard InChI is InChI=1S/C7H4BrN3O2S/c1-2-9-3-4(6(8)10-2)11-14-5(3)7(12)13/h1H3,(H,12,13). The average molecular weight is 274 g/mol. The van der Waals surface area contributed by atoms with Gasteiger partial charge in [0, 0.05) is 0 Å². The molecule has 0 bridgehead atoms. The smallest absolute Gasteiger partial charge is 0.349 e. The van der Waals surface area contributed by atoms with Crippen molar-refractivity contribution in [1.82, 2.24) is 14.3 Å². The highest BCUT2D eigenvalue weighted by Gasteiger charge is 2.17. The lowest BCUT2D eigenvalue weighted by Crippen LogP contribution is -1.96. The van der Waals surface area contributed by atoms with E-state index in [-0.39, 0.29) is 4.88 Å². The summed E-state index contributed by atoms with van der Waals surface area (Å²) in [6, 6.07) is 0. The molecule has 0 spiro atoms. The van der Waals surface area contributed by atoms with Gasteiger partial charge in [0.2, 0.25) is 0 Å². The molecule has 0 saturated heterocycles. The van der Waals surface area contributed by atoms with E-state index in [4.69, 9.17) is 5.11 Å². The van der Waals surface area contributed by atoms with Crippen LogP contribution in [0.25, 0.3) is 11.0 Å². The number of hydrogen-bond donors (Lipinski definition) is 1. The van der Waals surface area contributed by atoms with Gasteiger partial charge in [-0.2, -0.15) is 4.37 Å². The van der Waals surface area contributed by atoms with Gasteiger partial charge in [0.25, 0.3) is 0 Å². The second kappa shape index (κ2) is 3.25. The van der Waals surface area contributed by atoms with Crippen LogP contribution in [0.4, 0.5) is 0 Å². The molecule has 0 radical (unpaired) electrons. The van der Waals surface area contributed by atoms with Crippen LogP contribution in [0.2, 0.25) is 0 Å². The van der Waals surface area contributed by atoms with E-state index in [1.54, 1.807) is 6.92 Å². The second-order valence-electron chi connectivity index (χ2n) is 2.58. The summed E-state index contributed by atoms with van der Waals surface area (Å²) in [5, 5.41) is 8.85. The van der Waals surface area contributed by atoms with Gasteiger partial charge in [-0.25, -0.2) is 14.8 Å². The van der Waals surface area contributed by atoms with Gasteiger partial charge in [0.05, 0.1) is 0 Å². The number of halogens is 1. The maximum absolute atomic E-state index is 10.8. The summed E-state index contributed by atoms with van der Waals surface area (Å²) in [5.74, 6) is -0.491. The van der Waals surface area contributed by atoms with E-state index in [2.05, 4.69) is 30.3 Å². The summed E-state index contributed by atoms with van der Waals surface area (Å²) >= 11 is 4.12. The van der Waals surface area contributed by atoms with Gasteiger partial charge in [0.15, 0.2) is 4.88 Å². The zero-order valence-electron chi connectivity index (χ0n) is 6.98. The van der Waals surface area contributed by atoms with Crippen LogP contribution in [0.5, 0.6) is 0 Å². The molecule has 14 heavy (non-hydrogen) atoms. The molecule has 2 rings (SSSR count). The molecule has 0 aromatic carbocycles. The minimum Gasteiger partial charge on any atom is -0.477 e. The number of carboxylic acid groups (broad SMARTS) is 1. The van der Waals surface area contributed by atoms with Gasteiger partial charge in [-0.15, -0.1) is 0 Å². The normalized spacial score (nSPS) is 10.7. The van der Waals surface area contributed by atoms with Crippen LogP contribution in [-0.2, 0) is 0 Å². The Kier molecular flexibility index (Phi) is 2.20. The summed E-state index contributed by atoms with van der Waals surface area (Å²) < 4.78 is 4.50. The Hall–Kier alpha value is -1.08. The fraction of sp³-hybridized carbons (Fsp3) is 0.143. The summed E-state index contributed by atoms with van der Waals surface area (Å²) in [7, 11) is 0. The minimum absolute atomic E-state index is 0.145. The number of rotatable bonds is 1. The van der Waals surface area contributed by atoms with Crippen LogP contribution < -0.4 is 0 Å². The highest BCUT2D eigenvalue weighted by Crippen LogP contribution is 2.25. The lowest BCUT2D eigenvalue weighted by atomic mass is 10.4. The molecule has 2 aromatic rings. The van der Waals surface area contributed by atoms with Gasteiger partial charge in [-0.1, -0.05) is 0 Å². The molecule has 0 aliphatic carbocycles. The van der Waals surface area contributed by atoms with Crippen LogP contribution in [0.3, 0.4) is 0 Å². The number of fused-ring (bicyclic) bond motifs is 1. The topological polar surface area (TPSA) is 76.0 Å². The molecule has 0 amide bonds. The Labute approximate surface area is 91.1 Å². The first-order valence-corrected chi connectivity index (χ1v) is 5.19. The van der Waals surface area contributed by atoms with Crippen molar-refractivity contribution >= 4 is 44.5 Å². The summed E-state index contributed by atoms with van der Waals surface area (Å²) in [5.41, 5.74) is 0.889. The minimum atomic E-state index is -1.01. The SMILES string of the molecule is Cc1nc(Br)c2nsc(C(=O)O)c2n1. The van der Waals surface area contributed by atoms with Crippen molar-refractivity contribution < 1.29 is 9.90 Å². The molecule has 1 N–H and O–H groups in total. The quantitative estimate of drug-likeness (QED) is 0.803. The molecule has 0 aliphatic rings. The molecule has 2 heterocycles. The highest BCUT2D eigenvalue weighted by atomic mass is 79.9. The Morgan fingerprint density at radius 1 is 1.43 bits per heavy atom. The molecular formula is C7H4BrN3O2S. The zero-order chi connectivity index (χ0) is 10.3. The molecule has 0 fully saturated rings. The summed E-state index contributed by atoms with van der Waals surface area (Å²) in [6.45, 7) is 1.70. The number of hydrogen-bond acceptors (Lipinski definition) is 5. The third-order valence-corrected chi connectivity index (χ3v) is 2.97. The Balaban J connectivity index is 2.85. The van der Waals surface area contributed by atoms with E-state index in [0.717, 1.165) is 11.5 Å². The van der Waals surface area contributed by atoms with E-state index >= 15 is 0 Å². The van der Waals surface area contributed by atoms with Crippen LogP contribution in [0.1, 0.15) is 15.5 Å². The number of carbonyl (C=O) groups is 1. The molecule has 0 saturated carbocycles. The van der Waals surface area contributed by atoms with E-state index < -0.39 is 5.97 Å². The van der Waals surface area contributed by atoms with Crippen LogP contribution in [0, 0.1) is 6.92 Å². The van der Waals surface area contributed by atoms with Crippen LogP contribution in [-0.4, -0.2) is 25.4 Å². The van der Waals surface area contributed by atoms with Crippen molar-refractivity contribution in [3.8, 4) is 0 Å². The van der Waals surface area contributed by atoms with Gasteiger partial charge < -0.3 is 5.11 Å². The van der Waals surface area contributed by atoms with Crippen molar-refractivity contribution in [2.75, 3.05) is 0 Å². The van der Waals surface area contributed by atoms with Gasteiger partial charge >= 0.3 is 5.97 Å².